The van der Waals surface area contributed by atoms with E-state index in [2.05, 4.69) is 29.4 Å². The lowest BCUT2D eigenvalue weighted by atomic mass is 10.1. The van der Waals surface area contributed by atoms with E-state index in [1.807, 2.05) is 33.9 Å². The molecule has 1 atom stereocenters. The van der Waals surface area contributed by atoms with Crippen LogP contribution < -0.4 is 5.32 Å². The SMILES string of the molecule is C[C@H](C1CC1)N(Cc1ccccc1)C(=O)NCCCn1ccnc1. The second kappa shape index (κ2) is 7.99. The predicted molar refractivity (Wildman–Crippen MR) is 94.4 cm³/mol. The van der Waals surface area contributed by atoms with E-state index in [-0.39, 0.29) is 6.03 Å². The molecule has 0 spiro atoms. The van der Waals surface area contributed by atoms with Crippen LogP contribution >= 0.6 is 0 Å². The number of benzene rings is 1. The van der Waals surface area contributed by atoms with Crippen molar-refractivity contribution in [1.82, 2.24) is 19.8 Å². The molecule has 1 aromatic carbocycles. The van der Waals surface area contributed by atoms with Crippen LogP contribution in [-0.4, -0.2) is 33.1 Å². The van der Waals surface area contributed by atoms with E-state index < -0.39 is 0 Å². The van der Waals surface area contributed by atoms with E-state index in [0.717, 1.165) is 13.0 Å². The van der Waals surface area contributed by atoms with Crippen molar-refractivity contribution < 1.29 is 4.79 Å². The van der Waals surface area contributed by atoms with Crippen LogP contribution in [0.25, 0.3) is 0 Å². The number of hydrogen-bond donors (Lipinski definition) is 1. The van der Waals surface area contributed by atoms with Crippen molar-refractivity contribution in [2.24, 2.45) is 5.92 Å². The summed E-state index contributed by atoms with van der Waals surface area (Å²) in [6, 6.07) is 10.6. The van der Waals surface area contributed by atoms with Gasteiger partial charge in [-0.25, -0.2) is 9.78 Å². The summed E-state index contributed by atoms with van der Waals surface area (Å²) in [6.45, 7) is 4.40. The lowest BCUT2D eigenvalue weighted by molar-refractivity contribution is 0.167. The van der Waals surface area contributed by atoms with Crippen molar-refractivity contribution in [2.45, 2.75) is 45.3 Å². The number of aromatic nitrogens is 2. The highest BCUT2D eigenvalue weighted by molar-refractivity contribution is 5.74. The number of urea groups is 1. The van der Waals surface area contributed by atoms with E-state index in [4.69, 9.17) is 0 Å². The zero-order valence-corrected chi connectivity index (χ0v) is 14.3. The van der Waals surface area contributed by atoms with E-state index in [0.29, 0.717) is 25.0 Å². The fourth-order valence-electron chi connectivity index (χ4n) is 2.99. The van der Waals surface area contributed by atoms with Gasteiger partial charge in [0.25, 0.3) is 0 Å². The van der Waals surface area contributed by atoms with Gasteiger partial charge in [-0.2, -0.15) is 0 Å². The highest BCUT2D eigenvalue weighted by Crippen LogP contribution is 2.35. The van der Waals surface area contributed by atoms with Gasteiger partial charge < -0.3 is 14.8 Å². The Morgan fingerprint density at radius 3 is 2.83 bits per heavy atom. The number of rotatable bonds is 8. The topological polar surface area (TPSA) is 50.2 Å². The van der Waals surface area contributed by atoms with Crippen molar-refractivity contribution in [3.05, 3.63) is 54.6 Å². The molecule has 1 saturated carbocycles. The Kier molecular flexibility index (Phi) is 5.51. The predicted octanol–water partition coefficient (Wildman–Crippen LogP) is 3.28. The first-order valence-corrected chi connectivity index (χ1v) is 8.78. The monoisotopic (exact) mass is 326 g/mol. The summed E-state index contributed by atoms with van der Waals surface area (Å²) in [5.41, 5.74) is 1.18. The van der Waals surface area contributed by atoms with Crippen LogP contribution in [0.3, 0.4) is 0 Å². The Hall–Kier alpha value is -2.30. The molecule has 0 saturated heterocycles. The molecule has 1 fully saturated rings. The molecule has 0 bridgehead atoms. The lowest BCUT2D eigenvalue weighted by Gasteiger charge is -2.29. The first kappa shape index (κ1) is 16.6. The van der Waals surface area contributed by atoms with Crippen molar-refractivity contribution in [3.63, 3.8) is 0 Å². The Bertz CT molecular complexity index is 622. The van der Waals surface area contributed by atoms with Crippen molar-refractivity contribution >= 4 is 6.03 Å². The second-order valence-corrected chi connectivity index (χ2v) is 6.58. The fraction of sp³-hybridized carbons (Fsp3) is 0.474. The summed E-state index contributed by atoms with van der Waals surface area (Å²) in [6.07, 6.45) is 8.90. The average Bonchev–Trinajstić information content (AvgIpc) is 3.33. The molecular weight excluding hydrogens is 300 g/mol. The number of hydrogen-bond acceptors (Lipinski definition) is 2. The van der Waals surface area contributed by atoms with E-state index in [1.54, 1.807) is 12.5 Å². The summed E-state index contributed by atoms with van der Waals surface area (Å²) in [7, 11) is 0. The average molecular weight is 326 g/mol. The molecule has 3 rings (SSSR count). The second-order valence-electron chi connectivity index (χ2n) is 6.58. The number of amides is 2. The van der Waals surface area contributed by atoms with Crippen LogP contribution in [0.1, 0.15) is 31.7 Å². The molecule has 2 amide bonds. The summed E-state index contributed by atoms with van der Waals surface area (Å²) in [4.78, 5) is 18.7. The maximum absolute atomic E-state index is 12.7. The summed E-state index contributed by atoms with van der Waals surface area (Å²) in [5, 5.41) is 3.08. The largest absolute Gasteiger partial charge is 0.338 e. The molecule has 0 aliphatic heterocycles. The van der Waals surface area contributed by atoms with Crippen molar-refractivity contribution in [2.75, 3.05) is 6.54 Å². The molecule has 1 aliphatic carbocycles. The van der Waals surface area contributed by atoms with Crippen LogP contribution in [0.15, 0.2) is 49.1 Å². The normalized spacial score (nSPS) is 15.0. The smallest absolute Gasteiger partial charge is 0.317 e. The van der Waals surface area contributed by atoms with Gasteiger partial charge in [0.1, 0.15) is 0 Å². The van der Waals surface area contributed by atoms with Crippen molar-refractivity contribution in [3.8, 4) is 0 Å². The van der Waals surface area contributed by atoms with Crippen LogP contribution in [0.5, 0.6) is 0 Å². The maximum Gasteiger partial charge on any atom is 0.317 e. The molecule has 1 heterocycles. The molecule has 5 heteroatoms. The van der Waals surface area contributed by atoms with Crippen LogP contribution in [0, 0.1) is 5.92 Å². The molecular formula is C19H26N4O. The van der Waals surface area contributed by atoms with Gasteiger partial charge in [0.15, 0.2) is 0 Å². The zero-order valence-electron chi connectivity index (χ0n) is 14.3. The van der Waals surface area contributed by atoms with E-state index >= 15 is 0 Å². The standard InChI is InChI=1S/C19H26N4O/c1-16(18-8-9-18)23(14-17-6-3-2-4-7-17)19(24)21-10-5-12-22-13-11-20-15-22/h2-4,6-7,11,13,15-16,18H,5,8-10,12,14H2,1H3,(H,21,24)/t16-/m1/s1. The van der Waals surface area contributed by atoms with Gasteiger partial charge in [0.05, 0.1) is 6.33 Å². The molecule has 5 nitrogen and oxygen atoms in total. The first-order valence-electron chi connectivity index (χ1n) is 8.78. The van der Waals surface area contributed by atoms with E-state index in [9.17, 15) is 4.79 Å². The van der Waals surface area contributed by atoms with Gasteiger partial charge in [-0.1, -0.05) is 30.3 Å². The zero-order chi connectivity index (χ0) is 16.8. The van der Waals surface area contributed by atoms with Crippen LogP contribution in [0.2, 0.25) is 0 Å². The number of nitrogens with one attached hydrogen (secondary N) is 1. The quantitative estimate of drug-likeness (QED) is 0.757. The van der Waals surface area contributed by atoms with Crippen LogP contribution in [-0.2, 0) is 13.1 Å². The minimum atomic E-state index is 0.0453. The number of carbonyl (C=O) groups excluding carboxylic acids is 1. The number of nitrogens with zero attached hydrogens (tertiary/aromatic N) is 3. The molecule has 0 radical (unpaired) electrons. The highest BCUT2D eigenvalue weighted by atomic mass is 16.2. The highest BCUT2D eigenvalue weighted by Gasteiger charge is 2.34. The minimum Gasteiger partial charge on any atom is -0.338 e. The maximum atomic E-state index is 12.7. The van der Waals surface area contributed by atoms with E-state index in [1.165, 1.54) is 18.4 Å². The third-order valence-corrected chi connectivity index (χ3v) is 4.68. The molecule has 1 aliphatic rings. The van der Waals surface area contributed by atoms with Crippen molar-refractivity contribution in [1.29, 1.82) is 0 Å². The molecule has 0 unspecified atom stereocenters. The molecule has 128 valence electrons. The van der Waals surface area contributed by atoms with Gasteiger partial charge in [0, 0.05) is 38.1 Å². The number of aryl methyl sites for hydroxylation is 1. The Labute approximate surface area is 143 Å². The molecule has 1 N–H and O–H groups in total. The van der Waals surface area contributed by atoms with Gasteiger partial charge >= 0.3 is 6.03 Å². The van der Waals surface area contributed by atoms with Gasteiger partial charge in [-0.3, -0.25) is 0 Å². The number of carbonyl (C=O) groups is 1. The number of imidazole rings is 1. The Morgan fingerprint density at radius 2 is 2.17 bits per heavy atom. The van der Waals surface area contributed by atoms with Crippen LogP contribution in [0.4, 0.5) is 4.79 Å². The minimum absolute atomic E-state index is 0.0453. The first-order chi connectivity index (χ1) is 11.7. The lowest BCUT2D eigenvalue weighted by Crippen LogP contribution is -2.45. The summed E-state index contributed by atoms with van der Waals surface area (Å²) in [5.74, 6) is 0.658. The molecule has 1 aromatic heterocycles. The summed E-state index contributed by atoms with van der Waals surface area (Å²) >= 11 is 0. The Morgan fingerprint density at radius 1 is 1.38 bits per heavy atom. The Balaban J connectivity index is 1.52. The molecule has 2 aromatic rings. The summed E-state index contributed by atoms with van der Waals surface area (Å²) < 4.78 is 2.03. The van der Waals surface area contributed by atoms with Gasteiger partial charge in [-0.15, -0.1) is 0 Å². The third-order valence-electron chi connectivity index (χ3n) is 4.68. The third kappa shape index (κ3) is 4.60. The fourth-order valence-corrected chi connectivity index (χ4v) is 2.99. The van der Waals surface area contributed by atoms with Gasteiger partial charge in [0.2, 0.25) is 0 Å². The van der Waals surface area contributed by atoms with Gasteiger partial charge in [-0.05, 0) is 37.7 Å². The molecule has 24 heavy (non-hydrogen) atoms.